The number of Topliss-reactive ketones (excluding diaryl/α,β-unsaturated/α-hetero) is 1. The maximum absolute atomic E-state index is 13.7. The fraction of sp³-hybridized carbons (Fsp3) is 0.357. The van der Waals surface area contributed by atoms with Gasteiger partial charge in [-0.2, -0.15) is 0 Å². The molecule has 1 aliphatic carbocycles. The zero-order valence-corrected chi connectivity index (χ0v) is 9.66. The number of ketones is 1. The lowest BCUT2D eigenvalue weighted by atomic mass is 9.95. The van der Waals surface area contributed by atoms with E-state index in [4.69, 9.17) is 0 Å². The van der Waals surface area contributed by atoms with Crippen molar-refractivity contribution in [3.63, 3.8) is 0 Å². The van der Waals surface area contributed by atoms with Crippen molar-refractivity contribution in [1.29, 1.82) is 0 Å². The summed E-state index contributed by atoms with van der Waals surface area (Å²) in [6.45, 7) is 1.94. The van der Waals surface area contributed by atoms with E-state index in [1.807, 2.05) is 6.92 Å². The molecule has 1 unspecified atom stereocenters. The van der Waals surface area contributed by atoms with E-state index in [9.17, 15) is 9.18 Å². The van der Waals surface area contributed by atoms with Crippen LogP contribution in [0.3, 0.4) is 0 Å². The number of hydrogen-bond acceptors (Lipinski definition) is 1. The Morgan fingerprint density at radius 2 is 2.24 bits per heavy atom. The molecule has 2 aromatic rings. The minimum Gasteiger partial charge on any atom is -0.360 e. The predicted octanol–water partition coefficient (Wildman–Crippen LogP) is 3.54. The van der Waals surface area contributed by atoms with Crippen molar-refractivity contribution in [1.82, 2.24) is 4.98 Å². The number of rotatable bonds is 3. The maximum atomic E-state index is 13.7. The van der Waals surface area contributed by atoms with Crippen LogP contribution >= 0.6 is 0 Å². The lowest BCUT2D eigenvalue weighted by Gasteiger charge is -2.07. The number of halogens is 1. The first-order valence-corrected chi connectivity index (χ1v) is 5.98. The van der Waals surface area contributed by atoms with Gasteiger partial charge in [-0.1, -0.05) is 13.0 Å². The van der Waals surface area contributed by atoms with Gasteiger partial charge >= 0.3 is 0 Å². The third-order valence-corrected chi connectivity index (χ3v) is 3.66. The van der Waals surface area contributed by atoms with E-state index in [1.54, 1.807) is 18.3 Å². The van der Waals surface area contributed by atoms with Crippen LogP contribution in [0.4, 0.5) is 4.39 Å². The fourth-order valence-corrected chi connectivity index (χ4v) is 2.39. The second-order valence-corrected chi connectivity index (χ2v) is 4.86. The minimum atomic E-state index is -0.324. The molecule has 0 bridgehead atoms. The highest BCUT2D eigenvalue weighted by molar-refractivity contribution is 6.09. The average molecular weight is 231 g/mol. The fourth-order valence-electron chi connectivity index (χ4n) is 2.39. The number of carbonyl (C=O) groups excluding carboxylic acids is 1. The number of fused-ring (bicyclic) bond motifs is 1. The molecule has 1 N–H and O–H groups in total. The number of nitrogens with one attached hydrogen (secondary N) is 1. The lowest BCUT2D eigenvalue weighted by molar-refractivity contribution is 0.0918. The average Bonchev–Trinajstić information content (AvgIpc) is 3.07. The van der Waals surface area contributed by atoms with Crippen LogP contribution < -0.4 is 0 Å². The van der Waals surface area contributed by atoms with Crippen LogP contribution in [0.1, 0.15) is 30.1 Å². The van der Waals surface area contributed by atoms with Crippen molar-refractivity contribution in [3.8, 4) is 0 Å². The summed E-state index contributed by atoms with van der Waals surface area (Å²) < 4.78 is 13.7. The largest absolute Gasteiger partial charge is 0.360 e. The maximum Gasteiger partial charge on any atom is 0.168 e. The SMILES string of the molecule is CC(C(=O)c1c[nH]c2cccc(F)c12)C1CC1. The molecule has 1 aromatic carbocycles. The first-order valence-electron chi connectivity index (χ1n) is 5.98. The Hall–Kier alpha value is -1.64. The van der Waals surface area contributed by atoms with Crippen LogP contribution in [-0.4, -0.2) is 10.8 Å². The van der Waals surface area contributed by atoms with Crippen LogP contribution in [0.5, 0.6) is 0 Å². The quantitative estimate of drug-likeness (QED) is 0.805. The number of carbonyl (C=O) groups is 1. The zero-order chi connectivity index (χ0) is 12.0. The highest BCUT2D eigenvalue weighted by Crippen LogP contribution is 2.39. The predicted molar refractivity (Wildman–Crippen MR) is 64.5 cm³/mol. The molecule has 2 nitrogen and oxygen atoms in total. The van der Waals surface area contributed by atoms with Crippen LogP contribution in [-0.2, 0) is 0 Å². The van der Waals surface area contributed by atoms with Crippen molar-refractivity contribution in [2.75, 3.05) is 0 Å². The van der Waals surface area contributed by atoms with Gasteiger partial charge in [0, 0.05) is 28.6 Å². The minimum absolute atomic E-state index is 0.00797. The van der Waals surface area contributed by atoms with Crippen molar-refractivity contribution in [3.05, 3.63) is 35.8 Å². The Balaban J connectivity index is 2.07. The van der Waals surface area contributed by atoms with E-state index in [0.29, 0.717) is 22.4 Å². The molecular formula is C14H14FNO. The summed E-state index contributed by atoms with van der Waals surface area (Å²) in [5, 5.41) is 0.435. The van der Waals surface area contributed by atoms with Gasteiger partial charge in [-0.3, -0.25) is 4.79 Å². The number of aromatic amines is 1. The third kappa shape index (κ3) is 1.66. The summed E-state index contributed by atoms with van der Waals surface area (Å²) in [6.07, 6.45) is 3.88. The van der Waals surface area contributed by atoms with Gasteiger partial charge in [-0.25, -0.2) is 4.39 Å². The van der Waals surface area contributed by atoms with Crippen LogP contribution in [0.25, 0.3) is 10.9 Å². The second-order valence-electron chi connectivity index (χ2n) is 4.86. The molecule has 88 valence electrons. The Morgan fingerprint density at radius 3 is 2.94 bits per heavy atom. The van der Waals surface area contributed by atoms with Crippen LogP contribution in [0.15, 0.2) is 24.4 Å². The van der Waals surface area contributed by atoms with Gasteiger partial charge in [0.15, 0.2) is 5.78 Å². The molecule has 1 saturated carbocycles. The summed E-state index contributed by atoms with van der Waals surface area (Å²) in [7, 11) is 0. The first-order chi connectivity index (χ1) is 8.18. The highest BCUT2D eigenvalue weighted by Gasteiger charge is 2.34. The van der Waals surface area contributed by atoms with Crippen molar-refractivity contribution < 1.29 is 9.18 Å². The monoisotopic (exact) mass is 231 g/mol. The first kappa shape index (κ1) is 10.5. The van der Waals surface area contributed by atoms with Crippen LogP contribution in [0, 0.1) is 17.7 Å². The Bertz CT molecular complexity index is 583. The summed E-state index contributed by atoms with van der Waals surface area (Å²) in [5.74, 6) is 0.242. The van der Waals surface area contributed by atoms with E-state index in [-0.39, 0.29) is 17.5 Å². The highest BCUT2D eigenvalue weighted by atomic mass is 19.1. The van der Waals surface area contributed by atoms with E-state index in [2.05, 4.69) is 4.98 Å². The standard InChI is InChI=1S/C14H14FNO/c1-8(9-5-6-9)14(17)10-7-16-12-4-2-3-11(15)13(10)12/h2-4,7-9,16H,5-6H2,1H3. The number of hydrogen-bond donors (Lipinski definition) is 1. The molecule has 3 heteroatoms. The molecule has 1 heterocycles. The summed E-state index contributed by atoms with van der Waals surface area (Å²) in [6, 6.07) is 4.83. The molecule has 0 radical (unpaired) electrons. The molecule has 1 aliphatic rings. The number of H-pyrrole nitrogens is 1. The normalized spacial score (nSPS) is 17.3. The summed E-state index contributed by atoms with van der Waals surface area (Å²) in [4.78, 5) is 15.2. The van der Waals surface area contributed by atoms with Gasteiger partial charge < -0.3 is 4.98 Å². The Kier molecular flexibility index (Phi) is 2.28. The molecule has 0 aliphatic heterocycles. The molecule has 1 aromatic heterocycles. The van der Waals surface area contributed by atoms with Crippen molar-refractivity contribution in [2.45, 2.75) is 19.8 Å². The van der Waals surface area contributed by atoms with Gasteiger partial charge in [0.05, 0.1) is 0 Å². The Labute approximate surface area is 98.8 Å². The van der Waals surface area contributed by atoms with E-state index < -0.39 is 0 Å². The van der Waals surface area contributed by atoms with E-state index in [1.165, 1.54) is 6.07 Å². The zero-order valence-electron chi connectivity index (χ0n) is 9.66. The third-order valence-electron chi connectivity index (χ3n) is 3.66. The molecule has 17 heavy (non-hydrogen) atoms. The van der Waals surface area contributed by atoms with Gasteiger partial charge in [0.25, 0.3) is 0 Å². The molecule has 0 spiro atoms. The van der Waals surface area contributed by atoms with Crippen molar-refractivity contribution in [2.24, 2.45) is 11.8 Å². The molecule has 0 amide bonds. The van der Waals surface area contributed by atoms with Gasteiger partial charge in [-0.15, -0.1) is 0 Å². The summed E-state index contributed by atoms with van der Waals surface area (Å²) >= 11 is 0. The molecular weight excluding hydrogens is 217 g/mol. The molecule has 3 rings (SSSR count). The molecule has 1 fully saturated rings. The second kappa shape index (κ2) is 3.69. The van der Waals surface area contributed by atoms with Gasteiger partial charge in [0.2, 0.25) is 0 Å². The van der Waals surface area contributed by atoms with E-state index in [0.717, 1.165) is 12.8 Å². The number of benzene rings is 1. The van der Waals surface area contributed by atoms with Crippen LogP contribution in [0.2, 0.25) is 0 Å². The topological polar surface area (TPSA) is 32.9 Å². The molecule has 0 saturated heterocycles. The smallest absolute Gasteiger partial charge is 0.168 e. The number of aromatic nitrogens is 1. The van der Waals surface area contributed by atoms with E-state index >= 15 is 0 Å². The van der Waals surface area contributed by atoms with Gasteiger partial charge in [0.1, 0.15) is 5.82 Å². The Morgan fingerprint density at radius 1 is 1.47 bits per heavy atom. The molecule has 1 atom stereocenters. The lowest BCUT2D eigenvalue weighted by Crippen LogP contribution is -2.12. The summed E-state index contributed by atoms with van der Waals surface area (Å²) in [5.41, 5.74) is 1.19. The van der Waals surface area contributed by atoms with Crippen molar-refractivity contribution >= 4 is 16.7 Å². The van der Waals surface area contributed by atoms with Gasteiger partial charge in [-0.05, 0) is 30.9 Å².